The molecule has 0 amide bonds. The standard InChI is InChI=1S/C21H24N4O/c1-24-19-11-14-25(15-17-9-6-12-22-21(17)26-2)13-10-18(19)20(23-24)16-7-4-3-5-8-16/h3-9,12H,10-11,13-15H2,1-2H3. The zero-order valence-electron chi connectivity index (χ0n) is 15.4. The van der Waals surface area contributed by atoms with E-state index in [1.54, 1.807) is 13.3 Å². The molecule has 1 aliphatic rings. The maximum Gasteiger partial charge on any atom is 0.217 e. The predicted octanol–water partition coefficient (Wildman–Crippen LogP) is 3.09. The fraction of sp³-hybridized carbons (Fsp3) is 0.333. The molecule has 0 fully saturated rings. The van der Waals surface area contributed by atoms with Gasteiger partial charge in [0.1, 0.15) is 0 Å². The molecule has 5 heteroatoms. The Kier molecular flexibility index (Phi) is 4.71. The van der Waals surface area contributed by atoms with E-state index in [-0.39, 0.29) is 0 Å². The molecule has 0 N–H and O–H groups in total. The first-order valence-electron chi connectivity index (χ1n) is 9.06. The highest BCUT2D eigenvalue weighted by atomic mass is 16.5. The summed E-state index contributed by atoms with van der Waals surface area (Å²) in [6.07, 6.45) is 3.79. The van der Waals surface area contributed by atoms with Gasteiger partial charge in [-0.05, 0) is 12.5 Å². The van der Waals surface area contributed by atoms with Gasteiger partial charge in [-0.1, -0.05) is 36.4 Å². The summed E-state index contributed by atoms with van der Waals surface area (Å²) in [6, 6.07) is 14.6. The quantitative estimate of drug-likeness (QED) is 0.727. The Bertz CT molecular complexity index is 888. The summed E-state index contributed by atoms with van der Waals surface area (Å²) < 4.78 is 7.47. The third kappa shape index (κ3) is 3.22. The van der Waals surface area contributed by atoms with Crippen LogP contribution in [0.2, 0.25) is 0 Å². The third-order valence-corrected chi connectivity index (χ3v) is 5.10. The number of hydrogen-bond acceptors (Lipinski definition) is 4. The molecule has 1 aromatic carbocycles. The minimum absolute atomic E-state index is 0.723. The molecule has 0 atom stereocenters. The Morgan fingerprint density at radius 3 is 2.65 bits per heavy atom. The average molecular weight is 348 g/mol. The van der Waals surface area contributed by atoms with Crippen LogP contribution in [0.25, 0.3) is 11.3 Å². The maximum atomic E-state index is 5.41. The number of nitrogens with zero attached hydrogens (tertiary/aromatic N) is 4. The number of methoxy groups -OCH3 is 1. The molecule has 0 saturated carbocycles. The molecule has 134 valence electrons. The molecule has 0 aliphatic carbocycles. The van der Waals surface area contributed by atoms with E-state index in [2.05, 4.69) is 51.9 Å². The Labute approximate surface area is 154 Å². The van der Waals surface area contributed by atoms with E-state index in [4.69, 9.17) is 9.84 Å². The van der Waals surface area contributed by atoms with Crippen molar-refractivity contribution < 1.29 is 4.74 Å². The van der Waals surface area contributed by atoms with E-state index in [9.17, 15) is 0 Å². The van der Waals surface area contributed by atoms with Gasteiger partial charge in [-0.25, -0.2) is 4.98 Å². The number of aromatic nitrogens is 3. The van der Waals surface area contributed by atoms with Crippen LogP contribution in [0.1, 0.15) is 16.8 Å². The first-order valence-corrected chi connectivity index (χ1v) is 9.06. The van der Waals surface area contributed by atoms with Crippen LogP contribution in [0.5, 0.6) is 5.88 Å². The molecule has 0 unspecified atom stereocenters. The van der Waals surface area contributed by atoms with Crippen molar-refractivity contribution in [3.05, 3.63) is 65.5 Å². The van der Waals surface area contributed by atoms with Gasteiger partial charge in [0.2, 0.25) is 5.88 Å². The van der Waals surface area contributed by atoms with Crippen molar-refractivity contribution in [3.63, 3.8) is 0 Å². The molecular weight excluding hydrogens is 324 g/mol. The van der Waals surface area contributed by atoms with Gasteiger partial charge < -0.3 is 4.74 Å². The Morgan fingerprint density at radius 2 is 1.85 bits per heavy atom. The fourth-order valence-corrected chi connectivity index (χ4v) is 3.78. The molecule has 26 heavy (non-hydrogen) atoms. The van der Waals surface area contributed by atoms with E-state index in [0.29, 0.717) is 0 Å². The van der Waals surface area contributed by atoms with Crippen LogP contribution in [-0.4, -0.2) is 39.9 Å². The van der Waals surface area contributed by atoms with Gasteiger partial charge in [-0.15, -0.1) is 0 Å². The monoisotopic (exact) mass is 348 g/mol. The summed E-state index contributed by atoms with van der Waals surface area (Å²) in [4.78, 5) is 6.80. The topological polar surface area (TPSA) is 43.2 Å². The normalized spacial score (nSPS) is 14.7. The molecule has 4 rings (SSSR count). The number of benzene rings is 1. The van der Waals surface area contributed by atoms with E-state index in [1.165, 1.54) is 16.8 Å². The lowest BCUT2D eigenvalue weighted by atomic mass is 10.0. The Morgan fingerprint density at radius 1 is 1.04 bits per heavy atom. The minimum atomic E-state index is 0.723. The van der Waals surface area contributed by atoms with Crippen molar-refractivity contribution >= 4 is 0 Å². The molecule has 2 aromatic heterocycles. The lowest BCUT2D eigenvalue weighted by molar-refractivity contribution is 0.271. The number of fused-ring (bicyclic) bond motifs is 1. The molecule has 0 bridgehead atoms. The van der Waals surface area contributed by atoms with E-state index < -0.39 is 0 Å². The van der Waals surface area contributed by atoms with Crippen LogP contribution in [0.3, 0.4) is 0 Å². The summed E-state index contributed by atoms with van der Waals surface area (Å²) in [7, 11) is 3.74. The van der Waals surface area contributed by atoms with Crippen LogP contribution < -0.4 is 4.74 Å². The highest BCUT2D eigenvalue weighted by Crippen LogP contribution is 2.28. The molecule has 0 saturated heterocycles. The van der Waals surface area contributed by atoms with Crippen molar-refractivity contribution in [1.29, 1.82) is 0 Å². The van der Waals surface area contributed by atoms with Crippen LogP contribution in [-0.2, 0) is 26.4 Å². The zero-order valence-corrected chi connectivity index (χ0v) is 15.4. The largest absolute Gasteiger partial charge is 0.481 e. The van der Waals surface area contributed by atoms with Gasteiger partial charge in [-0.2, -0.15) is 5.10 Å². The van der Waals surface area contributed by atoms with Crippen molar-refractivity contribution in [3.8, 4) is 17.1 Å². The lowest BCUT2D eigenvalue weighted by Gasteiger charge is -2.20. The number of aryl methyl sites for hydroxylation is 1. The second-order valence-corrected chi connectivity index (χ2v) is 6.71. The zero-order chi connectivity index (χ0) is 17.9. The maximum absolute atomic E-state index is 5.41. The van der Waals surface area contributed by atoms with Crippen LogP contribution in [0.15, 0.2) is 48.7 Å². The SMILES string of the molecule is COc1ncccc1CN1CCc2c(-c3ccccc3)nn(C)c2CC1. The number of pyridine rings is 1. The summed E-state index contributed by atoms with van der Waals surface area (Å²) in [5.74, 6) is 0.723. The molecule has 1 aliphatic heterocycles. The lowest BCUT2D eigenvalue weighted by Crippen LogP contribution is -2.26. The molecule has 3 aromatic rings. The second kappa shape index (κ2) is 7.30. The fourth-order valence-electron chi connectivity index (χ4n) is 3.78. The molecular formula is C21H24N4O. The average Bonchev–Trinajstić information content (AvgIpc) is 2.86. The van der Waals surface area contributed by atoms with Gasteiger partial charge >= 0.3 is 0 Å². The van der Waals surface area contributed by atoms with Crippen LogP contribution in [0, 0.1) is 0 Å². The first kappa shape index (κ1) is 16.8. The summed E-state index contributed by atoms with van der Waals surface area (Å²) >= 11 is 0. The number of rotatable bonds is 4. The third-order valence-electron chi connectivity index (χ3n) is 5.10. The van der Waals surface area contributed by atoms with Crippen molar-refractivity contribution in [2.24, 2.45) is 7.05 Å². The first-order chi connectivity index (χ1) is 12.8. The van der Waals surface area contributed by atoms with Gasteiger partial charge in [-0.3, -0.25) is 9.58 Å². The molecule has 5 nitrogen and oxygen atoms in total. The summed E-state index contributed by atoms with van der Waals surface area (Å²) in [5.41, 5.74) is 6.21. The minimum Gasteiger partial charge on any atom is -0.481 e. The van der Waals surface area contributed by atoms with E-state index in [1.807, 2.05) is 12.1 Å². The number of hydrogen-bond donors (Lipinski definition) is 0. The summed E-state index contributed by atoms with van der Waals surface area (Å²) in [5, 5.41) is 4.81. The smallest absolute Gasteiger partial charge is 0.217 e. The van der Waals surface area contributed by atoms with Gasteiger partial charge in [0.25, 0.3) is 0 Å². The van der Waals surface area contributed by atoms with Crippen molar-refractivity contribution in [2.45, 2.75) is 19.4 Å². The van der Waals surface area contributed by atoms with E-state index in [0.717, 1.165) is 49.6 Å². The Hall–Kier alpha value is -2.66. The predicted molar refractivity (Wildman–Crippen MR) is 102 cm³/mol. The number of ether oxygens (including phenoxy) is 1. The van der Waals surface area contributed by atoms with Crippen molar-refractivity contribution in [2.75, 3.05) is 20.2 Å². The summed E-state index contributed by atoms with van der Waals surface area (Å²) in [6.45, 7) is 2.88. The molecule has 0 spiro atoms. The molecule has 3 heterocycles. The highest BCUT2D eigenvalue weighted by molar-refractivity contribution is 5.64. The van der Waals surface area contributed by atoms with Crippen LogP contribution >= 0.6 is 0 Å². The van der Waals surface area contributed by atoms with Crippen molar-refractivity contribution in [1.82, 2.24) is 19.7 Å². The van der Waals surface area contributed by atoms with Crippen LogP contribution in [0.4, 0.5) is 0 Å². The van der Waals surface area contributed by atoms with E-state index >= 15 is 0 Å². The van der Waals surface area contributed by atoms with Gasteiger partial charge in [0.15, 0.2) is 0 Å². The van der Waals surface area contributed by atoms with Gasteiger partial charge in [0, 0.05) is 61.7 Å². The highest BCUT2D eigenvalue weighted by Gasteiger charge is 2.22. The van der Waals surface area contributed by atoms with Gasteiger partial charge in [0.05, 0.1) is 12.8 Å². The Balaban J connectivity index is 1.56. The second-order valence-electron chi connectivity index (χ2n) is 6.71. The molecule has 0 radical (unpaired) electrons.